The smallest absolute Gasteiger partial charge is 0.161 e. The zero-order valence-electron chi connectivity index (χ0n) is 30.8. The number of rotatable bonds is 5. The van der Waals surface area contributed by atoms with Crippen molar-refractivity contribution >= 4 is 65.6 Å². The topological polar surface area (TPSA) is 35.9 Å². The first-order valence-electron chi connectivity index (χ1n) is 19.4. The van der Waals surface area contributed by atoms with Crippen LogP contribution in [0.3, 0.4) is 0 Å². The molecule has 57 heavy (non-hydrogen) atoms. The fourth-order valence-electron chi connectivity index (χ4n) is 9.01. The highest BCUT2D eigenvalue weighted by molar-refractivity contribution is 6.17. The summed E-state index contributed by atoms with van der Waals surface area (Å²) in [6, 6.07) is 71.3. The molecule has 0 aliphatic rings. The van der Waals surface area contributed by atoms with Crippen molar-refractivity contribution in [2.24, 2.45) is 0 Å². The maximum absolute atomic E-state index is 7.09. The van der Waals surface area contributed by atoms with Crippen LogP contribution in [0.15, 0.2) is 205 Å². The van der Waals surface area contributed by atoms with Gasteiger partial charge in [-0.25, -0.2) is 4.98 Å². The number of furan rings is 1. The van der Waals surface area contributed by atoms with Crippen molar-refractivity contribution < 1.29 is 4.42 Å². The molecular weight excluding hydrogens is 695 g/mol. The molecule has 0 bridgehead atoms. The standard InChI is InChI=1S/C53H33N3O/c1-3-17-34(18-4-1)36-31-44(35-19-5-2-6-20-35)54-45(32-36)43-33-42-41-25-11-16-30-50(41)57-53(42)52(56-48-28-14-9-23-39(48)40-24-10-15-29-49(40)56)51(43)55-46-26-12-7-21-37(46)38-22-8-13-27-47(38)55/h1-33H. The molecule has 0 amide bonds. The van der Waals surface area contributed by atoms with Gasteiger partial charge < -0.3 is 13.6 Å². The Morgan fingerprint density at radius 1 is 0.333 bits per heavy atom. The number of para-hydroxylation sites is 5. The van der Waals surface area contributed by atoms with E-state index in [1.807, 2.05) is 0 Å². The van der Waals surface area contributed by atoms with Gasteiger partial charge in [-0.3, -0.25) is 0 Å². The lowest BCUT2D eigenvalue weighted by molar-refractivity contribution is 0.666. The summed E-state index contributed by atoms with van der Waals surface area (Å²) in [5, 5.41) is 6.85. The first-order chi connectivity index (χ1) is 28.3. The molecule has 0 aliphatic heterocycles. The normalized spacial score (nSPS) is 11.9. The average molecular weight is 728 g/mol. The van der Waals surface area contributed by atoms with Gasteiger partial charge in [-0.15, -0.1) is 0 Å². The van der Waals surface area contributed by atoms with Gasteiger partial charge in [0.2, 0.25) is 0 Å². The van der Waals surface area contributed by atoms with E-state index in [4.69, 9.17) is 9.40 Å². The number of nitrogens with zero attached hydrogens (tertiary/aromatic N) is 3. The Kier molecular flexibility index (Phi) is 6.89. The van der Waals surface area contributed by atoms with Gasteiger partial charge in [0.25, 0.3) is 0 Å². The van der Waals surface area contributed by atoms with Gasteiger partial charge >= 0.3 is 0 Å². The van der Waals surface area contributed by atoms with Crippen LogP contribution in [-0.2, 0) is 0 Å². The Morgan fingerprint density at radius 3 is 1.33 bits per heavy atom. The third-order valence-corrected chi connectivity index (χ3v) is 11.5. The molecule has 0 spiro atoms. The average Bonchev–Trinajstić information content (AvgIpc) is 3.94. The van der Waals surface area contributed by atoms with E-state index >= 15 is 0 Å². The second-order valence-electron chi connectivity index (χ2n) is 14.7. The highest BCUT2D eigenvalue weighted by Gasteiger charge is 2.28. The lowest BCUT2D eigenvalue weighted by Gasteiger charge is -2.21. The molecule has 4 heteroatoms. The molecule has 4 heterocycles. The summed E-state index contributed by atoms with van der Waals surface area (Å²) < 4.78 is 12.0. The Bertz CT molecular complexity index is 3350. The summed E-state index contributed by atoms with van der Waals surface area (Å²) >= 11 is 0. The minimum Gasteiger partial charge on any atom is -0.454 e. The number of aromatic nitrogens is 3. The lowest BCUT2D eigenvalue weighted by Crippen LogP contribution is -2.07. The predicted molar refractivity (Wildman–Crippen MR) is 237 cm³/mol. The van der Waals surface area contributed by atoms with Crippen LogP contribution in [0.1, 0.15) is 0 Å². The van der Waals surface area contributed by atoms with E-state index < -0.39 is 0 Å². The molecule has 12 aromatic rings. The van der Waals surface area contributed by atoms with Crippen molar-refractivity contribution in [3.8, 4) is 45.0 Å². The van der Waals surface area contributed by atoms with Crippen LogP contribution in [0.5, 0.6) is 0 Å². The highest BCUT2D eigenvalue weighted by atomic mass is 16.3. The third-order valence-electron chi connectivity index (χ3n) is 11.5. The van der Waals surface area contributed by atoms with E-state index in [2.05, 4.69) is 209 Å². The monoisotopic (exact) mass is 727 g/mol. The van der Waals surface area contributed by atoms with Gasteiger partial charge in [0, 0.05) is 43.4 Å². The Hall–Kier alpha value is -7.69. The van der Waals surface area contributed by atoms with E-state index in [1.54, 1.807) is 0 Å². The fraction of sp³-hybridized carbons (Fsp3) is 0. The van der Waals surface area contributed by atoms with Gasteiger partial charge in [-0.2, -0.15) is 0 Å². The highest BCUT2D eigenvalue weighted by Crippen LogP contribution is 2.47. The molecule has 0 atom stereocenters. The van der Waals surface area contributed by atoms with Crippen molar-refractivity contribution in [1.82, 2.24) is 14.1 Å². The number of hydrogen-bond acceptors (Lipinski definition) is 2. The summed E-state index contributed by atoms with van der Waals surface area (Å²) in [6.07, 6.45) is 0. The van der Waals surface area contributed by atoms with E-state index in [1.165, 1.54) is 21.5 Å². The number of pyridine rings is 1. The molecule has 4 aromatic heterocycles. The van der Waals surface area contributed by atoms with Crippen LogP contribution < -0.4 is 0 Å². The molecule has 8 aromatic carbocycles. The quantitative estimate of drug-likeness (QED) is 0.177. The van der Waals surface area contributed by atoms with Crippen molar-refractivity contribution in [2.45, 2.75) is 0 Å². The summed E-state index contributed by atoms with van der Waals surface area (Å²) in [5.41, 5.74) is 14.2. The largest absolute Gasteiger partial charge is 0.454 e. The number of benzene rings is 8. The van der Waals surface area contributed by atoms with E-state index in [0.29, 0.717) is 0 Å². The van der Waals surface area contributed by atoms with Crippen LogP contribution in [0, 0.1) is 0 Å². The van der Waals surface area contributed by atoms with Crippen LogP contribution in [0.4, 0.5) is 0 Å². The predicted octanol–water partition coefficient (Wildman–Crippen LogP) is 14.2. The molecule has 0 N–H and O–H groups in total. The number of hydrogen-bond donors (Lipinski definition) is 0. The van der Waals surface area contributed by atoms with Crippen molar-refractivity contribution in [1.29, 1.82) is 0 Å². The summed E-state index contributed by atoms with van der Waals surface area (Å²) in [6.45, 7) is 0. The van der Waals surface area contributed by atoms with Crippen molar-refractivity contribution in [3.63, 3.8) is 0 Å². The maximum atomic E-state index is 7.09. The Labute approximate surface area is 328 Å². The summed E-state index contributed by atoms with van der Waals surface area (Å²) in [4.78, 5) is 5.60. The molecule has 0 saturated heterocycles. The molecule has 0 unspecified atom stereocenters. The molecular formula is C53H33N3O. The number of fused-ring (bicyclic) bond motifs is 9. The first-order valence-corrected chi connectivity index (χ1v) is 19.4. The molecule has 0 saturated carbocycles. The minimum absolute atomic E-state index is 0.825. The van der Waals surface area contributed by atoms with E-state index in [9.17, 15) is 0 Å². The maximum Gasteiger partial charge on any atom is 0.161 e. The van der Waals surface area contributed by atoms with E-state index in [0.717, 1.165) is 89.0 Å². The summed E-state index contributed by atoms with van der Waals surface area (Å²) in [7, 11) is 0. The first kappa shape index (κ1) is 31.6. The van der Waals surface area contributed by atoms with Crippen molar-refractivity contribution in [3.05, 3.63) is 200 Å². The Balaban J connectivity index is 1.34. The van der Waals surface area contributed by atoms with Crippen LogP contribution in [-0.4, -0.2) is 14.1 Å². The second kappa shape index (κ2) is 12.4. The minimum atomic E-state index is 0.825. The van der Waals surface area contributed by atoms with Crippen molar-refractivity contribution in [2.75, 3.05) is 0 Å². The van der Waals surface area contributed by atoms with Crippen LogP contribution in [0.2, 0.25) is 0 Å². The Morgan fingerprint density at radius 2 is 0.772 bits per heavy atom. The summed E-state index contributed by atoms with van der Waals surface area (Å²) in [5.74, 6) is 0. The molecule has 0 fully saturated rings. The van der Waals surface area contributed by atoms with Crippen LogP contribution in [0.25, 0.3) is 111 Å². The van der Waals surface area contributed by atoms with Gasteiger partial charge in [0.1, 0.15) is 11.3 Å². The zero-order chi connectivity index (χ0) is 37.5. The van der Waals surface area contributed by atoms with Crippen LogP contribution >= 0.6 is 0 Å². The van der Waals surface area contributed by atoms with Gasteiger partial charge in [0.05, 0.1) is 39.1 Å². The fourth-order valence-corrected chi connectivity index (χ4v) is 9.01. The SMILES string of the molecule is c1ccc(-c2cc(-c3ccccc3)nc(-c3cc4c(oc5ccccc54)c(-n4c5ccccc5c5ccccc54)c3-n3c4ccccc4c4ccccc43)c2)cc1. The molecule has 4 nitrogen and oxygen atoms in total. The van der Waals surface area contributed by atoms with Gasteiger partial charge in [-0.05, 0) is 59.7 Å². The molecule has 266 valence electrons. The second-order valence-corrected chi connectivity index (χ2v) is 14.7. The van der Waals surface area contributed by atoms with Gasteiger partial charge in [-0.1, -0.05) is 152 Å². The molecule has 12 rings (SSSR count). The van der Waals surface area contributed by atoms with Gasteiger partial charge in [0.15, 0.2) is 5.58 Å². The molecule has 0 aliphatic carbocycles. The lowest BCUT2D eigenvalue weighted by atomic mass is 9.97. The molecule has 0 radical (unpaired) electrons. The van der Waals surface area contributed by atoms with E-state index in [-0.39, 0.29) is 0 Å². The zero-order valence-corrected chi connectivity index (χ0v) is 30.8. The third kappa shape index (κ3) is 4.77.